The molecule has 19 heavy (non-hydrogen) atoms. The van der Waals surface area contributed by atoms with Crippen molar-refractivity contribution in [2.45, 2.75) is 24.1 Å². The van der Waals surface area contributed by atoms with Gasteiger partial charge in [0.05, 0.1) is 10.2 Å². The van der Waals surface area contributed by atoms with Gasteiger partial charge in [0.15, 0.2) is 0 Å². The highest BCUT2D eigenvalue weighted by molar-refractivity contribution is 7.91. The first-order valence-corrected chi connectivity index (χ1v) is 8.37. The molecule has 1 aromatic heterocycles. The summed E-state index contributed by atoms with van der Waals surface area (Å²) in [6.07, 6.45) is 1.85. The highest BCUT2D eigenvalue weighted by Gasteiger charge is 2.14. The Hall–Kier alpha value is -1.02. The van der Waals surface area contributed by atoms with Gasteiger partial charge in [-0.1, -0.05) is 6.07 Å². The summed E-state index contributed by atoms with van der Waals surface area (Å²) in [6.45, 7) is 3.43. The van der Waals surface area contributed by atoms with Crippen LogP contribution in [0.4, 0.5) is 0 Å². The molecule has 7 heteroatoms. The van der Waals surface area contributed by atoms with E-state index in [4.69, 9.17) is 9.88 Å². The minimum Gasteiger partial charge on any atom is -0.382 e. The maximum Gasteiger partial charge on any atom is 0.265 e. The molecule has 5 nitrogen and oxygen atoms in total. The Morgan fingerprint density at radius 1 is 1.42 bits per heavy atom. The number of hydrogen-bond acceptors (Lipinski definition) is 5. The van der Waals surface area contributed by atoms with Crippen LogP contribution >= 0.6 is 11.3 Å². The van der Waals surface area contributed by atoms with Crippen LogP contribution in [0.3, 0.4) is 0 Å². The van der Waals surface area contributed by atoms with Gasteiger partial charge in [0.1, 0.15) is 0 Å². The van der Waals surface area contributed by atoms with Gasteiger partial charge in [0, 0.05) is 13.2 Å². The number of primary sulfonamides is 1. The van der Waals surface area contributed by atoms with E-state index in [9.17, 15) is 8.42 Å². The van der Waals surface area contributed by atoms with Gasteiger partial charge < -0.3 is 4.74 Å². The predicted octanol–water partition coefficient (Wildman–Crippen LogP) is 1.91. The molecule has 0 spiro atoms. The van der Waals surface area contributed by atoms with E-state index in [1.807, 2.05) is 25.1 Å². The van der Waals surface area contributed by atoms with Gasteiger partial charge in [0.2, 0.25) is 4.34 Å². The van der Waals surface area contributed by atoms with Crippen molar-refractivity contribution < 1.29 is 13.2 Å². The van der Waals surface area contributed by atoms with Crippen molar-refractivity contribution in [1.29, 1.82) is 0 Å². The number of sulfonamides is 1. The number of ether oxygens (including phenoxy) is 1. The van der Waals surface area contributed by atoms with E-state index in [1.54, 1.807) is 0 Å². The maximum absolute atomic E-state index is 11.2. The van der Waals surface area contributed by atoms with E-state index in [2.05, 4.69) is 4.98 Å². The van der Waals surface area contributed by atoms with E-state index in [-0.39, 0.29) is 4.34 Å². The lowest BCUT2D eigenvalue weighted by Gasteiger charge is -2.01. The molecule has 0 amide bonds. The summed E-state index contributed by atoms with van der Waals surface area (Å²) in [6, 6.07) is 5.76. The van der Waals surface area contributed by atoms with Crippen molar-refractivity contribution in [3.8, 4) is 0 Å². The number of benzene rings is 1. The van der Waals surface area contributed by atoms with Gasteiger partial charge in [-0.3, -0.25) is 0 Å². The van der Waals surface area contributed by atoms with Crippen LogP contribution in [0.2, 0.25) is 0 Å². The van der Waals surface area contributed by atoms with Crippen molar-refractivity contribution in [3.05, 3.63) is 23.8 Å². The molecule has 0 radical (unpaired) electrons. The molecular formula is C12H16N2O3S2. The molecule has 2 rings (SSSR count). The van der Waals surface area contributed by atoms with Crippen molar-refractivity contribution in [2.24, 2.45) is 5.14 Å². The quantitative estimate of drug-likeness (QED) is 0.826. The second-order valence-corrected chi connectivity index (χ2v) is 6.89. The topological polar surface area (TPSA) is 82.3 Å². The second-order valence-electron chi connectivity index (χ2n) is 4.13. The second kappa shape index (κ2) is 5.96. The van der Waals surface area contributed by atoms with Crippen molar-refractivity contribution in [2.75, 3.05) is 13.2 Å². The minimum atomic E-state index is -3.71. The van der Waals surface area contributed by atoms with Gasteiger partial charge in [-0.2, -0.15) is 0 Å². The Morgan fingerprint density at radius 3 is 2.89 bits per heavy atom. The molecule has 1 aromatic carbocycles. The molecule has 0 saturated carbocycles. The van der Waals surface area contributed by atoms with E-state index in [0.717, 1.165) is 47.7 Å². The number of aromatic nitrogens is 1. The summed E-state index contributed by atoms with van der Waals surface area (Å²) in [5, 5.41) is 5.08. The van der Waals surface area contributed by atoms with Crippen LogP contribution in [0.25, 0.3) is 10.2 Å². The molecule has 0 fully saturated rings. The van der Waals surface area contributed by atoms with Crippen molar-refractivity contribution in [3.63, 3.8) is 0 Å². The highest BCUT2D eigenvalue weighted by Crippen LogP contribution is 2.25. The first-order valence-electron chi connectivity index (χ1n) is 6.00. The van der Waals surface area contributed by atoms with Crippen LogP contribution in [-0.2, 0) is 21.2 Å². The lowest BCUT2D eigenvalue weighted by Crippen LogP contribution is -2.11. The molecule has 2 N–H and O–H groups in total. The molecule has 0 aliphatic heterocycles. The van der Waals surface area contributed by atoms with Gasteiger partial charge in [-0.05, 0) is 37.5 Å². The lowest BCUT2D eigenvalue weighted by atomic mass is 10.1. The molecule has 0 aliphatic rings. The van der Waals surface area contributed by atoms with Gasteiger partial charge in [-0.25, -0.2) is 18.5 Å². The van der Waals surface area contributed by atoms with Crippen LogP contribution in [0.5, 0.6) is 0 Å². The Balaban J connectivity index is 2.16. The van der Waals surface area contributed by atoms with Gasteiger partial charge >= 0.3 is 0 Å². The molecule has 0 atom stereocenters. The normalized spacial score (nSPS) is 12.1. The van der Waals surface area contributed by atoms with Gasteiger partial charge in [0.25, 0.3) is 10.0 Å². The summed E-state index contributed by atoms with van der Waals surface area (Å²) in [5.74, 6) is 0. The number of hydrogen-bond donors (Lipinski definition) is 1. The fourth-order valence-corrected chi connectivity index (χ4v) is 3.47. The first-order chi connectivity index (χ1) is 9.00. The van der Waals surface area contributed by atoms with Crippen LogP contribution in [0.15, 0.2) is 22.5 Å². The SMILES string of the molecule is CCOCCCc1ccc2nc(S(N)(=O)=O)sc2c1. The molecule has 1 heterocycles. The third-order valence-corrected chi connectivity index (χ3v) is 4.97. The predicted molar refractivity (Wildman–Crippen MR) is 75.8 cm³/mol. The zero-order chi connectivity index (χ0) is 13.9. The Bertz CT molecular complexity index is 665. The number of nitrogens with two attached hydrogens (primary N) is 1. The first kappa shape index (κ1) is 14.4. The molecule has 0 aliphatic carbocycles. The lowest BCUT2D eigenvalue weighted by molar-refractivity contribution is 0.145. The fraction of sp³-hybridized carbons (Fsp3) is 0.417. The average Bonchev–Trinajstić information content (AvgIpc) is 2.77. The third kappa shape index (κ3) is 3.73. The Morgan fingerprint density at radius 2 is 2.21 bits per heavy atom. The monoisotopic (exact) mass is 300 g/mol. The van der Waals surface area contributed by atoms with Crippen molar-refractivity contribution in [1.82, 2.24) is 4.98 Å². The summed E-state index contributed by atoms with van der Waals surface area (Å²) in [7, 11) is -3.71. The molecule has 0 saturated heterocycles. The summed E-state index contributed by atoms with van der Waals surface area (Å²) >= 11 is 1.11. The molecule has 2 aromatic rings. The Kier molecular flexibility index (Phi) is 4.51. The van der Waals surface area contributed by atoms with E-state index in [1.165, 1.54) is 0 Å². The molecule has 0 bridgehead atoms. The highest BCUT2D eigenvalue weighted by atomic mass is 32.2. The zero-order valence-electron chi connectivity index (χ0n) is 10.6. The number of nitrogens with zero attached hydrogens (tertiary/aromatic N) is 1. The largest absolute Gasteiger partial charge is 0.382 e. The van der Waals surface area contributed by atoms with E-state index < -0.39 is 10.0 Å². The summed E-state index contributed by atoms with van der Waals surface area (Å²) < 4.78 is 28.6. The molecule has 104 valence electrons. The van der Waals surface area contributed by atoms with E-state index in [0.29, 0.717) is 5.52 Å². The summed E-state index contributed by atoms with van der Waals surface area (Å²) in [5.41, 5.74) is 1.82. The number of rotatable bonds is 6. The standard InChI is InChI=1S/C12H16N2O3S2/c1-2-17-7-3-4-9-5-6-10-11(8-9)18-12(14-10)19(13,15)16/h5-6,8H,2-4,7H2,1H3,(H2,13,15,16). The molecular weight excluding hydrogens is 284 g/mol. The van der Waals surface area contributed by atoms with E-state index >= 15 is 0 Å². The smallest absolute Gasteiger partial charge is 0.265 e. The van der Waals surface area contributed by atoms with Gasteiger partial charge in [-0.15, -0.1) is 11.3 Å². The van der Waals surface area contributed by atoms with Crippen LogP contribution in [-0.4, -0.2) is 26.6 Å². The Labute approximate surface area is 116 Å². The number of thiazole rings is 1. The van der Waals surface area contributed by atoms with Crippen LogP contribution in [0, 0.1) is 0 Å². The number of fused-ring (bicyclic) bond motifs is 1. The van der Waals surface area contributed by atoms with Crippen LogP contribution < -0.4 is 5.14 Å². The minimum absolute atomic E-state index is 0.0334. The number of aryl methyl sites for hydroxylation is 1. The van der Waals surface area contributed by atoms with Crippen LogP contribution in [0.1, 0.15) is 18.9 Å². The molecule has 0 unspecified atom stereocenters. The maximum atomic E-state index is 11.2. The fourth-order valence-electron chi connectivity index (χ4n) is 1.75. The average molecular weight is 300 g/mol. The third-order valence-electron chi connectivity index (χ3n) is 2.63. The zero-order valence-corrected chi connectivity index (χ0v) is 12.3. The summed E-state index contributed by atoms with van der Waals surface area (Å²) in [4.78, 5) is 4.02. The van der Waals surface area contributed by atoms with Crippen molar-refractivity contribution >= 4 is 31.6 Å².